The van der Waals surface area contributed by atoms with Crippen LogP contribution in [0.1, 0.15) is 33.1 Å². The van der Waals surface area contributed by atoms with Gasteiger partial charge in [0.1, 0.15) is 12.2 Å². The molecule has 3 atom stereocenters. The van der Waals surface area contributed by atoms with Gasteiger partial charge in [-0.25, -0.2) is 4.98 Å². The van der Waals surface area contributed by atoms with Crippen molar-refractivity contribution < 1.29 is 14.7 Å². The first-order valence-electron chi connectivity index (χ1n) is 11.3. The molecule has 2 aliphatic rings. The maximum atomic E-state index is 12.9. The summed E-state index contributed by atoms with van der Waals surface area (Å²) >= 11 is 0. The van der Waals surface area contributed by atoms with Crippen LogP contribution in [0.25, 0.3) is 0 Å². The van der Waals surface area contributed by atoms with Gasteiger partial charge in [0.15, 0.2) is 0 Å². The van der Waals surface area contributed by atoms with Crippen LogP contribution in [0.2, 0.25) is 0 Å². The van der Waals surface area contributed by atoms with Crippen LogP contribution in [-0.4, -0.2) is 68.5 Å². The molecule has 2 amide bonds. The molecule has 2 fully saturated rings. The van der Waals surface area contributed by atoms with Crippen LogP contribution in [0.3, 0.4) is 0 Å². The first-order valence-corrected chi connectivity index (χ1v) is 11.3. The van der Waals surface area contributed by atoms with Gasteiger partial charge in [-0.05, 0) is 23.3 Å². The van der Waals surface area contributed by atoms with E-state index in [0.29, 0.717) is 13.0 Å². The lowest BCUT2D eigenvalue weighted by Crippen LogP contribution is -2.73. The van der Waals surface area contributed by atoms with Crippen molar-refractivity contribution in [3.8, 4) is 11.8 Å². The van der Waals surface area contributed by atoms with Gasteiger partial charge in [-0.2, -0.15) is 0 Å². The van der Waals surface area contributed by atoms with Gasteiger partial charge in [0.25, 0.3) is 5.91 Å². The summed E-state index contributed by atoms with van der Waals surface area (Å²) in [4.78, 5) is 36.9. The number of piperazine rings is 1. The smallest absolute Gasteiger partial charge is 0.274 e. The highest BCUT2D eigenvalue weighted by Crippen LogP contribution is 2.43. The van der Waals surface area contributed by atoms with E-state index < -0.39 is 0 Å². The van der Waals surface area contributed by atoms with Gasteiger partial charge in [0, 0.05) is 36.8 Å². The van der Waals surface area contributed by atoms with E-state index in [1.54, 1.807) is 4.90 Å². The lowest BCUT2D eigenvalue weighted by Gasteiger charge is -2.58. The Kier molecular flexibility index (Phi) is 6.07. The third-order valence-corrected chi connectivity index (χ3v) is 6.49. The molecule has 0 unspecified atom stereocenters. The van der Waals surface area contributed by atoms with Gasteiger partial charge in [0.05, 0.1) is 24.9 Å². The monoisotopic (exact) mass is 452 g/mol. The molecule has 3 heterocycles. The summed E-state index contributed by atoms with van der Waals surface area (Å²) in [5, 5.41) is 9.99. The summed E-state index contributed by atoms with van der Waals surface area (Å²) in [5.74, 6) is 5.87. The van der Waals surface area contributed by atoms with Crippen LogP contribution in [0.5, 0.6) is 0 Å². The average molecular weight is 453 g/mol. The predicted molar refractivity (Wildman–Crippen MR) is 126 cm³/mol. The van der Waals surface area contributed by atoms with Crippen molar-refractivity contribution in [2.24, 2.45) is 0 Å². The van der Waals surface area contributed by atoms with Crippen molar-refractivity contribution in [1.82, 2.24) is 19.8 Å². The Labute approximate surface area is 198 Å². The second kappa shape index (κ2) is 9.46. The summed E-state index contributed by atoms with van der Waals surface area (Å²) in [6, 6.07) is 17.6. The fourth-order valence-electron chi connectivity index (χ4n) is 4.86. The van der Waals surface area contributed by atoms with E-state index in [-0.39, 0.29) is 48.7 Å². The Hall–Kier alpha value is -4.02. The number of fused-ring (bicyclic) bond motifs is 1. The highest BCUT2D eigenvalue weighted by atomic mass is 16.3. The third-order valence-electron chi connectivity index (χ3n) is 6.49. The first kappa shape index (κ1) is 21.8. The molecule has 170 valence electrons. The second-order valence-corrected chi connectivity index (χ2v) is 8.51. The zero-order chi connectivity index (χ0) is 23.5. The SMILES string of the molecule is O=C(c1cnccn1)N1CC(=O)N2[C@@H](CO)[C@@H](c3ccc(C#CCc4ccccc4)cc3)[C@@H]2C1. The summed E-state index contributed by atoms with van der Waals surface area (Å²) in [5.41, 5.74) is 3.33. The second-order valence-electron chi connectivity index (χ2n) is 8.51. The number of hydrogen-bond acceptors (Lipinski definition) is 5. The maximum absolute atomic E-state index is 12.9. The van der Waals surface area contributed by atoms with Gasteiger partial charge in [-0.1, -0.05) is 54.3 Å². The van der Waals surface area contributed by atoms with E-state index in [9.17, 15) is 14.7 Å². The number of aliphatic hydroxyl groups is 1. The summed E-state index contributed by atoms with van der Waals surface area (Å²) in [6.45, 7) is 0.246. The lowest BCUT2D eigenvalue weighted by molar-refractivity contribution is -0.159. The molecule has 0 aliphatic carbocycles. The minimum absolute atomic E-state index is 0.0227. The normalized spacial score (nSPS) is 21.2. The van der Waals surface area contributed by atoms with E-state index in [2.05, 4.69) is 33.9 Å². The van der Waals surface area contributed by atoms with E-state index >= 15 is 0 Å². The maximum Gasteiger partial charge on any atom is 0.274 e. The number of aromatic nitrogens is 2. The quantitative estimate of drug-likeness (QED) is 0.611. The molecule has 2 aromatic carbocycles. The number of carbonyl (C=O) groups is 2. The van der Waals surface area contributed by atoms with Crippen molar-refractivity contribution >= 4 is 11.8 Å². The highest BCUT2D eigenvalue weighted by molar-refractivity contribution is 5.96. The van der Waals surface area contributed by atoms with Crippen LogP contribution < -0.4 is 0 Å². The molecule has 1 aromatic heterocycles. The topological polar surface area (TPSA) is 86.6 Å². The Morgan fingerprint density at radius 3 is 2.59 bits per heavy atom. The average Bonchev–Trinajstić information content (AvgIpc) is 2.87. The lowest BCUT2D eigenvalue weighted by atomic mass is 9.73. The molecule has 3 aromatic rings. The van der Waals surface area contributed by atoms with Gasteiger partial charge in [0.2, 0.25) is 5.91 Å². The van der Waals surface area contributed by atoms with Crippen LogP contribution in [0, 0.1) is 11.8 Å². The zero-order valence-corrected chi connectivity index (χ0v) is 18.5. The van der Waals surface area contributed by atoms with E-state index in [1.165, 1.54) is 29.1 Å². The predicted octanol–water partition coefficient (Wildman–Crippen LogP) is 1.88. The standard InChI is InChI=1S/C27H24N4O3/c32-18-24-26(21-11-9-20(10-12-21)8-4-7-19-5-2-1-3-6-19)23-16-30(17-25(33)31(23)24)27(34)22-15-28-13-14-29-22/h1-3,5-6,9-15,23-24,26,32H,7,16-18H2/t23-,24-,26-/m0/s1. The van der Waals surface area contributed by atoms with Gasteiger partial charge < -0.3 is 14.9 Å². The number of hydrogen-bond donors (Lipinski definition) is 1. The van der Waals surface area contributed by atoms with Crippen molar-refractivity contribution in [1.29, 1.82) is 0 Å². The number of aliphatic hydroxyl groups excluding tert-OH is 1. The highest BCUT2D eigenvalue weighted by Gasteiger charge is 2.54. The largest absolute Gasteiger partial charge is 0.394 e. The number of amides is 2. The molecule has 2 saturated heterocycles. The molecule has 34 heavy (non-hydrogen) atoms. The van der Waals surface area contributed by atoms with E-state index in [4.69, 9.17) is 0 Å². The molecular weight excluding hydrogens is 428 g/mol. The fraction of sp³-hybridized carbons (Fsp3) is 0.259. The molecule has 0 radical (unpaired) electrons. The molecule has 0 saturated carbocycles. The van der Waals surface area contributed by atoms with Gasteiger partial charge in [-0.15, -0.1) is 0 Å². The first-order chi connectivity index (χ1) is 16.7. The minimum Gasteiger partial charge on any atom is -0.394 e. The molecule has 7 nitrogen and oxygen atoms in total. The van der Waals surface area contributed by atoms with E-state index in [0.717, 1.165) is 11.1 Å². The van der Waals surface area contributed by atoms with Crippen molar-refractivity contribution in [2.45, 2.75) is 24.4 Å². The van der Waals surface area contributed by atoms with Crippen molar-refractivity contribution in [2.75, 3.05) is 19.7 Å². The summed E-state index contributed by atoms with van der Waals surface area (Å²) < 4.78 is 0. The molecule has 2 aliphatic heterocycles. The third kappa shape index (κ3) is 4.16. The number of benzene rings is 2. The van der Waals surface area contributed by atoms with Crippen LogP contribution in [0.15, 0.2) is 73.2 Å². The molecule has 5 rings (SSSR count). The Bertz CT molecular complexity index is 1240. The summed E-state index contributed by atoms with van der Waals surface area (Å²) in [7, 11) is 0. The Morgan fingerprint density at radius 2 is 1.88 bits per heavy atom. The Balaban J connectivity index is 1.31. The molecule has 0 bridgehead atoms. The molecule has 7 heteroatoms. The number of rotatable bonds is 4. The van der Waals surface area contributed by atoms with Crippen LogP contribution >= 0.6 is 0 Å². The van der Waals surface area contributed by atoms with Gasteiger partial charge >= 0.3 is 0 Å². The minimum atomic E-state index is -0.309. The molecule has 1 N–H and O–H groups in total. The fourth-order valence-corrected chi connectivity index (χ4v) is 4.86. The van der Waals surface area contributed by atoms with Crippen molar-refractivity contribution in [3.63, 3.8) is 0 Å². The summed E-state index contributed by atoms with van der Waals surface area (Å²) in [6.07, 6.45) is 5.06. The molecule has 0 spiro atoms. The number of carbonyl (C=O) groups excluding carboxylic acids is 2. The van der Waals surface area contributed by atoms with Crippen LogP contribution in [0.4, 0.5) is 0 Å². The Morgan fingerprint density at radius 1 is 1.09 bits per heavy atom. The van der Waals surface area contributed by atoms with Gasteiger partial charge in [-0.3, -0.25) is 14.6 Å². The van der Waals surface area contributed by atoms with Crippen LogP contribution in [-0.2, 0) is 11.2 Å². The number of nitrogens with zero attached hydrogens (tertiary/aromatic N) is 4. The zero-order valence-electron chi connectivity index (χ0n) is 18.5. The van der Waals surface area contributed by atoms with E-state index in [1.807, 2.05) is 42.5 Å². The molecular formula is C27H24N4O3. The van der Waals surface area contributed by atoms with Crippen molar-refractivity contribution in [3.05, 3.63) is 95.6 Å².